The number of carbonyl (C=O) groups excluding carboxylic acids is 1. The number of hydrogen-bond acceptors (Lipinski definition) is 1. The summed E-state index contributed by atoms with van der Waals surface area (Å²) in [5, 5.41) is 0. The van der Waals surface area contributed by atoms with Crippen LogP contribution in [-0.2, 0) is 4.79 Å². The molecule has 0 radical (unpaired) electrons. The van der Waals surface area contributed by atoms with E-state index in [0.29, 0.717) is 6.42 Å². The molecule has 2 nitrogen and oxygen atoms in total. The van der Waals surface area contributed by atoms with E-state index in [9.17, 15) is 4.79 Å². The summed E-state index contributed by atoms with van der Waals surface area (Å²) in [6.45, 7) is 12.9. The second kappa shape index (κ2) is 5.00. The van der Waals surface area contributed by atoms with Crippen LogP contribution in [0.3, 0.4) is 0 Å². The van der Waals surface area contributed by atoms with E-state index in [1.165, 1.54) is 0 Å². The molecule has 0 aliphatic rings. The summed E-state index contributed by atoms with van der Waals surface area (Å²) in [5.74, 6) is 0.261. The van der Waals surface area contributed by atoms with Gasteiger partial charge in [-0.3, -0.25) is 4.79 Å². The van der Waals surface area contributed by atoms with Gasteiger partial charge >= 0.3 is 0 Å². The summed E-state index contributed by atoms with van der Waals surface area (Å²) in [6, 6.07) is 0. The van der Waals surface area contributed by atoms with Crippen LogP contribution in [0.15, 0.2) is 0 Å². The summed E-state index contributed by atoms with van der Waals surface area (Å²) < 4.78 is 0. The smallest absolute Gasteiger partial charge is 0.222 e. The van der Waals surface area contributed by atoms with Crippen molar-refractivity contribution in [1.82, 2.24) is 4.90 Å². The van der Waals surface area contributed by atoms with Crippen LogP contribution in [0.25, 0.3) is 0 Å². The van der Waals surface area contributed by atoms with Gasteiger partial charge in [-0.05, 0) is 32.1 Å². The lowest BCUT2D eigenvalue weighted by atomic mass is 9.90. The van der Waals surface area contributed by atoms with Gasteiger partial charge in [-0.1, -0.05) is 27.7 Å². The van der Waals surface area contributed by atoms with E-state index in [1.54, 1.807) is 0 Å². The van der Waals surface area contributed by atoms with E-state index in [1.807, 2.05) is 11.9 Å². The Hall–Kier alpha value is -0.530. The van der Waals surface area contributed by atoms with Crippen LogP contribution in [0.1, 0.15) is 60.8 Å². The molecule has 0 saturated carbocycles. The molecule has 0 rings (SSSR count). The summed E-state index contributed by atoms with van der Waals surface area (Å²) in [7, 11) is 1.91. The fourth-order valence-corrected chi connectivity index (χ4v) is 1.22. The van der Waals surface area contributed by atoms with Crippen molar-refractivity contribution in [2.45, 2.75) is 66.3 Å². The van der Waals surface area contributed by atoms with Crippen molar-refractivity contribution in [3.63, 3.8) is 0 Å². The lowest BCUT2D eigenvalue weighted by molar-refractivity contribution is -0.135. The lowest BCUT2D eigenvalue weighted by Gasteiger charge is -2.35. The Morgan fingerprint density at radius 1 is 1.13 bits per heavy atom. The topological polar surface area (TPSA) is 20.3 Å². The van der Waals surface area contributed by atoms with Gasteiger partial charge in [-0.15, -0.1) is 0 Å². The van der Waals surface area contributed by atoms with Crippen LogP contribution in [0.2, 0.25) is 0 Å². The molecule has 0 N–H and O–H groups in total. The van der Waals surface area contributed by atoms with Crippen LogP contribution in [0.5, 0.6) is 0 Å². The molecule has 0 aromatic rings. The van der Waals surface area contributed by atoms with Crippen molar-refractivity contribution in [2.24, 2.45) is 5.41 Å². The number of hydrogen-bond donors (Lipinski definition) is 0. The van der Waals surface area contributed by atoms with Crippen LogP contribution in [0.4, 0.5) is 0 Å². The van der Waals surface area contributed by atoms with Gasteiger partial charge in [0.1, 0.15) is 0 Å². The van der Waals surface area contributed by atoms with Gasteiger partial charge in [0.15, 0.2) is 0 Å². The predicted molar refractivity (Wildman–Crippen MR) is 65.8 cm³/mol. The summed E-state index contributed by atoms with van der Waals surface area (Å²) in [6.07, 6.45) is 2.60. The Balaban J connectivity index is 4.23. The standard InChI is InChI=1S/C13H27NO/c1-8-13(5,6)14(7)11(15)9-10-12(2,3)4/h8-10H2,1-7H3. The van der Waals surface area contributed by atoms with Crippen LogP contribution >= 0.6 is 0 Å². The average molecular weight is 213 g/mol. The molecule has 2 heteroatoms. The third-order valence-electron chi connectivity index (χ3n) is 3.24. The average Bonchev–Trinajstić information content (AvgIpc) is 2.11. The summed E-state index contributed by atoms with van der Waals surface area (Å²) >= 11 is 0. The minimum absolute atomic E-state index is 0.0189. The summed E-state index contributed by atoms with van der Waals surface area (Å²) in [4.78, 5) is 13.8. The van der Waals surface area contributed by atoms with E-state index < -0.39 is 0 Å². The Morgan fingerprint density at radius 2 is 1.60 bits per heavy atom. The minimum Gasteiger partial charge on any atom is -0.341 e. The summed E-state index contributed by atoms with van der Waals surface area (Å²) in [5.41, 5.74) is 0.224. The highest BCUT2D eigenvalue weighted by Gasteiger charge is 2.26. The minimum atomic E-state index is -0.0189. The fourth-order valence-electron chi connectivity index (χ4n) is 1.22. The highest BCUT2D eigenvalue weighted by Crippen LogP contribution is 2.23. The Bertz CT molecular complexity index is 213. The first-order chi connectivity index (χ1) is 6.60. The van der Waals surface area contributed by atoms with Crippen molar-refractivity contribution in [2.75, 3.05) is 7.05 Å². The third-order valence-corrected chi connectivity index (χ3v) is 3.24. The molecule has 0 aliphatic heterocycles. The maximum Gasteiger partial charge on any atom is 0.222 e. The molecule has 0 atom stereocenters. The molecule has 0 aromatic carbocycles. The number of nitrogens with zero attached hydrogens (tertiary/aromatic N) is 1. The number of carbonyl (C=O) groups is 1. The highest BCUT2D eigenvalue weighted by atomic mass is 16.2. The van der Waals surface area contributed by atoms with Gasteiger partial charge < -0.3 is 4.90 Å². The first-order valence-corrected chi connectivity index (χ1v) is 5.87. The first kappa shape index (κ1) is 14.5. The monoisotopic (exact) mass is 213 g/mol. The molecule has 0 fully saturated rings. The van der Waals surface area contributed by atoms with Crippen LogP contribution in [0, 0.1) is 5.41 Å². The SMILES string of the molecule is CCC(C)(C)N(C)C(=O)CCC(C)(C)C. The zero-order valence-corrected chi connectivity index (χ0v) is 11.5. The van der Waals surface area contributed by atoms with Crippen molar-refractivity contribution in [3.05, 3.63) is 0 Å². The zero-order valence-electron chi connectivity index (χ0n) is 11.5. The van der Waals surface area contributed by atoms with Gasteiger partial charge in [0.05, 0.1) is 0 Å². The largest absolute Gasteiger partial charge is 0.341 e. The molecule has 15 heavy (non-hydrogen) atoms. The lowest BCUT2D eigenvalue weighted by Crippen LogP contribution is -2.44. The molecule has 1 amide bonds. The molecule has 0 aromatic heterocycles. The Kier molecular flexibility index (Phi) is 4.82. The van der Waals surface area contributed by atoms with E-state index in [0.717, 1.165) is 12.8 Å². The first-order valence-electron chi connectivity index (χ1n) is 5.87. The molecule has 0 unspecified atom stereocenters. The molecule has 0 saturated heterocycles. The molecule has 0 aliphatic carbocycles. The van der Waals surface area contributed by atoms with Crippen LogP contribution < -0.4 is 0 Å². The van der Waals surface area contributed by atoms with Crippen molar-refractivity contribution < 1.29 is 4.79 Å². The van der Waals surface area contributed by atoms with Gasteiger partial charge in [-0.2, -0.15) is 0 Å². The second-order valence-corrected chi connectivity index (χ2v) is 6.18. The molecular weight excluding hydrogens is 186 g/mol. The van der Waals surface area contributed by atoms with Gasteiger partial charge in [0.2, 0.25) is 5.91 Å². The van der Waals surface area contributed by atoms with Crippen molar-refractivity contribution >= 4 is 5.91 Å². The predicted octanol–water partition coefficient (Wildman–Crippen LogP) is 3.46. The van der Waals surface area contributed by atoms with E-state index in [2.05, 4.69) is 41.5 Å². The van der Waals surface area contributed by atoms with Gasteiger partial charge in [0.25, 0.3) is 0 Å². The number of rotatable bonds is 4. The maximum absolute atomic E-state index is 11.9. The van der Waals surface area contributed by atoms with Crippen LogP contribution in [-0.4, -0.2) is 23.4 Å². The fraction of sp³-hybridized carbons (Fsp3) is 0.923. The molecule has 0 heterocycles. The third kappa shape index (κ3) is 5.19. The number of amides is 1. The normalized spacial score (nSPS) is 12.7. The van der Waals surface area contributed by atoms with E-state index in [4.69, 9.17) is 0 Å². The molecule has 0 spiro atoms. The Morgan fingerprint density at radius 3 is 1.93 bits per heavy atom. The second-order valence-electron chi connectivity index (χ2n) is 6.18. The highest BCUT2D eigenvalue weighted by molar-refractivity contribution is 5.76. The van der Waals surface area contributed by atoms with Crippen molar-refractivity contribution in [3.8, 4) is 0 Å². The van der Waals surface area contributed by atoms with E-state index in [-0.39, 0.29) is 16.9 Å². The quantitative estimate of drug-likeness (QED) is 0.700. The molecular formula is C13H27NO. The van der Waals surface area contributed by atoms with Gasteiger partial charge in [-0.25, -0.2) is 0 Å². The molecule has 90 valence electrons. The zero-order chi connectivity index (χ0) is 12.3. The van der Waals surface area contributed by atoms with E-state index >= 15 is 0 Å². The van der Waals surface area contributed by atoms with Gasteiger partial charge in [0, 0.05) is 19.0 Å². The Labute approximate surface area is 95.0 Å². The van der Waals surface area contributed by atoms with Crippen molar-refractivity contribution in [1.29, 1.82) is 0 Å². The maximum atomic E-state index is 11.9. The molecule has 0 bridgehead atoms.